The fourth-order valence-electron chi connectivity index (χ4n) is 2.70. The van der Waals surface area contributed by atoms with Gasteiger partial charge in [-0.15, -0.1) is 5.10 Å². The van der Waals surface area contributed by atoms with E-state index in [1.54, 1.807) is 0 Å². The van der Waals surface area contributed by atoms with Crippen LogP contribution in [0.25, 0.3) is 0 Å². The molecule has 0 bridgehead atoms. The Morgan fingerprint density at radius 2 is 1.42 bits per heavy atom. The molecule has 118 valence electrons. The van der Waals surface area contributed by atoms with Crippen LogP contribution in [0.2, 0.25) is 0 Å². The zero-order chi connectivity index (χ0) is 16.4. The topological polar surface area (TPSA) is 30.9 Å². The highest BCUT2D eigenvalue weighted by Crippen LogP contribution is 2.26. The molecule has 0 fully saturated rings. The van der Waals surface area contributed by atoms with E-state index in [1.165, 1.54) is 5.56 Å². The Kier molecular flexibility index (Phi) is 3.63. The van der Waals surface area contributed by atoms with Crippen molar-refractivity contribution in [1.29, 1.82) is 0 Å². The summed E-state index contributed by atoms with van der Waals surface area (Å²) in [5, 5.41) is 8.64. The molecule has 0 unspecified atom stereocenters. The maximum absolute atomic E-state index is 4.79. The van der Waals surface area contributed by atoms with Crippen LogP contribution < -0.4 is 15.7 Å². The molecule has 0 aliphatic carbocycles. The molecule has 4 nitrogen and oxygen atoms in total. The Bertz CT molecular complexity index is 859. The number of hydrogen-bond donors (Lipinski definition) is 1. The smallest absolute Gasteiger partial charge is 0.176 e. The van der Waals surface area contributed by atoms with Crippen LogP contribution in [0.15, 0.2) is 90.0 Å². The van der Waals surface area contributed by atoms with Gasteiger partial charge in [0.25, 0.3) is 0 Å². The van der Waals surface area contributed by atoms with Gasteiger partial charge >= 0.3 is 0 Å². The maximum Gasteiger partial charge on any atom is 0.176 e. The molecule has 0 radical (unpaired) electrons. The fourth-order valence-corrected chi connectivity index (χ4v) is 2.70. The number of aryl methyl sites for hydroxylation is 1. The average Bonchev–Trinajstić information content (AvgIpc) is 3.09. The fraction of sp³-hybridized carbons (Fsp3) is 0.0500. The Hall–Kier alpha value is -3.27. The summed E-state index contributed by atoms with van der Waals surface area (Å²) in [4.78, 5) is 0. The van der Waals surface area contributed by atoms with E-state index in [0.717, 1.165) is 22.8 Å². The normalized spacial score (nSPS) is 13.6. The van der Waals surface area contributed by atoms with Gasteiger partial charge in [0.05, 0.1) is 11.4 Å². The highest BCUT2D eigenvalue weighted by molar-refractivity contribution is 6.02. The number of nitrogens with one attached hydrogen (secondary N) is 1. The van der Waals surface area contributed by atoms with E-state index in [0.29, 0.717) is 0 Å². The third kappa shape index (κ3) is 2.70. The lowest BCUT2D eigenvalue weighted by Crippen LogP contribution is -2.44. The van der Waals surface area contributed by atoms with Crippen molar-refractivity contribution >= 4 is 17.2 Å². The van der Waals surface area contributed by atoms with Gasteiger partial charge < -0.3 is 0 Å². The first-order valence-electron chi connectivity index (χ1n) is 7.94. The lowest BCUT2D eigenvalue weighted by Gasteiger charge is -2.28. The molecule has 0 spiro atoms. The molecule has 0 saturated carbocycles. The maximum atomic E-state index is 4.79. The van der Waals surface area contributed by atoms with E-state index in [4.69, 9.17) is 5.10 Å². The summed E-state index contributed by atoms with van der Waals surface area (Å²) >= 11 is 0. The first kappa shape index (κ1) is 14.3. The van der Waals surface area contributed by atoms with Gasteiger partial charge in [0.15, 0.2) is 5.84 Å². The number of para-hydroxylation sites is 1. The Balaban J connectivity index is 1.77. The van der Waals surface area contributed by atoms with E-state index >= 15 is 0 Å². The molecule has 3 aromatic rings. The molecule has 0 saturated heterocycles. The van der Waals surface area contributed by atoms with Crippen LogP contribution in [0.5, 0.6) is 0 Å². The largest absolute Gasteiger partial charge is 0.259 e. The third-order valence-corrected chi connectivity index (χ3v) is 3.88. The van der Waals surface area contributed by atoms with Gasteiger partial charge in [0.2, 0.25) is 0 Å². The van der Waals surface area contributed by atoms with Crippen LogP contribution in [0.3, 0.4) is 0 Å². The molecular formula is C20H18N4. The molecule has 0 atom stereocenters. The lowest BCUT2D eigenvalue weighted by molar-refractivity contribution is 0.770. The van der Waals surface area contributed by atoms with E-state index in [9.17, 15) is 0 Å². The second-order valence-corrected chi connectivity index (χ2v) is 5.70. The Labute approximate surface area is 141 Å². The molecule has 0 amide bonds. The Morgan fingerprint density at radius 1 is 0.750 bits per heavy atom. The second-order valence-electron chi connectivity index (χ2n) is 5.70. The van der Waals surface area contributed by atoms with Crippen LogP contribution in [0.4, 0.5) is 11.4 Å². The lowest BCUT2D eigenvalue weighted by atomic mass is 10.2. The number of hydrogen-bond acceptors (Lipinski definition) is 4. The predicted octanol–water partition coefficient (Wildman–Crippen LogP) is 4.10. The molecule has 1 aliphatic rings. The van der Waals surface area contributed by atoms with Crippen LogP contribution in [-0.4, -0.2) is 5.84 Å². The number of nitrogens with zero attached hydrogens (tertiary/aromatic N) is 3. The molecule has 1 heterocycles. The van der Waals surface area contributed by atoms with Crippen molar-refractivity contribution in [1.82, 2.24) is 5.43 Å². The van der Waals surface area contributed by atoms with Crippen LogP contribution in [0, 0.1) is 6.92 Å². The predicted molar refractivity (Wildman–Crippen MR) is 98.7 cm³/mol. The van der Waals surface area contributed by atoms with Gasteiger partial charge in [-0.25, -0.2) is 0 Å². The second kappa shape index (κ2) is 6.08. The summed E-state index contributed by atoms with van der Waals surface area (Å²) in [6.07, 6.45) is 0. The van der Waals surface area contributed by atoms with Gasteiger partial charge in [-0.3, -0.25) is 5.43 Å². The number of benzene rings is 3. The number of hydrazine groups is 2. The summed E-state index contributed by atoms with van der Waals surface area (Å²) in [7, 11) is 0. The van der Waals surface area contributed by atoms with E-state index in [-0.39, 0.29) is 0 Å². The quantitative estimate of drug-likeness (QED) is 0.789. The van der Waals surface area contributed by atoms with Crippen molar-refractivity contribution in [2.75, 3.05) is 10.2 Å². The van der Waals surface area contributed by atoms with Gasteiger partial charge in [0, 0.05) is 5.56 Å². The van der Waals surface area contributed by atoms with Gasteiger partial charge in [-0.05, 0) is 36.8 Å². The van der Waals surface area contributed by atoms with Gasteiger partial charge in [-0.2, -0.15) is 10.2 Å². The van der Waals surface area contributed by atoms with E-state index in [1.807, 2.05) is 52.7 Å². The van der Waals surface area contributed by atoms with Crippen molar-refractivity contribution in [2.24, 2.45) is 5.10 Å². The number of hydrazone groups is 1. The third-order valence-electron chi connectivity index (χ3n) is 3.88. The van der Waals surface area contributed by atoms with Crippen molar-refractivity contribution in [3.05, 3.63) is 96.1 Å². The zero-order valence-corrected chi connectivity index (χ0v) is 13.4. The Morgan fingerprint density at radius 3 is 2.12 bits per heavy atom. The molecule has 4 heteroatoms. The van der Waals surface area contributed by atoms with Crippen molar-refractivity contribution in [3.63, 3.8) is 0 Å². The van der Waals surface area contributed by atoms with Crippen LogP contribution in [-0.2, 0) is 0 Å². The first-order chi connectivity index (χ1) is 11.8. The molecule has 24 heavy (non-hydrogen) atoms. The van der Waals surface area contributed by atoms with Crippen LogP contribution >= 0.6 is 0 Å². The van der Waals surface area contributed by atoms with Gasteiger partial charge in [-0.1, -0.05) is 60.7 Å². The number of anilines is 2. The minimum atomic E-state index is 0.820. The standard InChI is InChI=1S/C20H18N4/c1-16-9-8-14-19(15-16)24-22-20(17-10-4-2-5-11-17)21-23(24)18-12-6-3-7-13-18/h2-15H,1H3,(H,21,22). The highest BCUT2D eigenvalue weighted by Gasteiger charge is 2.26. The molecule has 3 aromatic carbocycles. The van der Waals surface area contributed by atoms with Crippen LogP contribution in [0.1, 0.15) is 11.1 Å². The molecule has 4 rings (SSSR count). The highest BCUT2D eigenvalue weighted by atomic mass is 15.9. The monoisotopic (exact) mass is 314 g/mol. The molecule has 0 aromatic heterocycles. The summed E-state index contributed by atoms with van der Waals surface area (Å²) in [5.41, 5.74) is 7.68. The minimum Gasteiger partial charge on any atom is -0.259 e. The van der Waals surface area contributed by atoms with Gasteiger partial charge in [0.1, 0.15) is 0 Å². The SMILES string of the molecule is Cc1cccc(N2N=C(c3ccccc3)NN2c2ccccc2)c1. The summed E-state index contributed by atoms with van der Waals surface area (Å²) in [5.74, 6) is 0.820. The molecular weight excluding hydrogens is 296 g/mol. The van der Waals surface area contributed by atoms with E-state index < -0.39 is 0 Å². The first-order valence-corrected chi connectivity index (χ1v) is 7.94. The molecule has 1 aliphatic heterocycles. The van der Waals surface area contributed by atoms with Crippen molar-refractivity contribution in [3.8, 4) is 0 Å². The number of amidine groups is 1. The minimum absolute atomic E-state index is 0.820. The van der Waals surface area contributed by atoms with Crippen molar-refractivity contribution < 1.29 is 0 Å². The van der Waals surface area contributed by atoms with E-state index in [2.05, 4.69) is 54.8 Å². The summed E-state index contributed by atoms with van der Waals surface area (Å²) in [6, 6.07) is 28.6. The summed E-state index contributed by atoms with van der Waals surface area (Å²) < 4.78 is 0. The zero-order valence-electron chi connectivity index (χ0n) is 13.4. The molecule has 1 N–H and O–H groups in total. The summed E-state index contributed by atoms with van der Waals surface area (Å²) in [6.45, 7) is 2.08. The average molecular weight is 314 g/mol. The number of rotatable bonds is 3. The van der Waals surface area contributed by atoms with Crippen molar-refractivity contribution in [2.45, 2.75) is 6.92 Å².